The SMILES string of the molecule is CC(=O)c1ccc(OCC(=O)NC(C)CCC(C)C)cc1. The number of ether oxygens (including phenoxy) is 1. The number of amides is 1. The molecule has 1 atom stereocenters. The Hall–Kier alpha value is -1.84. The van der Waals surface area contributed by atoms with Gasteiger partial charge in [-0.05, 0) is 56.9 Å². The van der Waals surface area contributed by atoms with Crippen molar-refractivity contribution >= 4 is 11.7 Å². The van der Waals surface area contributed by atoms with Crippen molar-refractivity contribution in [3.05, 3.63) is 29.8 Å². The largest absolute Gasteiger partial charge is 0.484 e. The van der Waals surface area contributed by atoms with Crippen LogP contribution in [0.4, 0.5) is 0 Å². The van der Waals surface area contributed by atoms with Gasteiger partial charge in [0.15, 0.2) is 12.4 Å². The number of nitrogens with one attached hydrogen (secondary N) is 1. The van der Waals surface area contributed by atoms with Crippen molar-refractivity contribution in [2.24, 2.45) is 5.92 Å². The summed E-state index contributed by atoms with van der Waals surface area (Å²) in [6.07, 6.45) is 2.06. The molecule has 0 aliphatic rings. The summed E-state index contributed by atoms with van der Waals surface area (Å²) in [6, 6.07) is 6.95. The zero-order chi connectivity index (χ0) is 15.8. The molecule has 0 aliphatic carbocycles. The Labute approximate surface area is 126 Å². The topological polar surface area (TPSA) is 55.4 Å². The van der Waals surface area contributed by atoms with Gasteiger partial charge in [0.2, 0.25) is 0 Å². The van der Waals surface area contributed by atoms with Gasteiger partial charge in [-0.1, -0.05) is 13.8 Å². The van der Waals surface area contributed by atoms with Crippen molar-refractivity contribution < 1.29 is 14.3 Å². The average Bonchev–Trinajstić information content (AvgIpc) is 2.43. The highest BCUT2D eigenvalue weighted by atomic mass is 16.5. The smallest absolute Gasteiger partial charge is 0.258 e. The van der Waals surface area contributed by atoms with Crippen LogP contribution in [0, 0.1) is 5.92 Å². The molecule has 0 bridgehead atoms. The minimum absolute atomic E-state index is 0.00850. The van der Waals surface area contributed by atoms with E-state index in [2.05, 4.69) is 19.2 Å². The lowest BCUT2D eigenvalue weighted by atomic mass is 10.0. The summed E-state index contributed by atoms with van der Waals surface area (Å²) in [5.41, 5.74) is 0.633. The van der Waals surface area contributed by atoms with E-state index in [4.69, 9.17) is 4.74 Å². The molecule has 0 heterocycles. The third-order valence-corrected chi connectivity index (χ3v) is 3.22. The van der Waals surface area contributed by atoms with E-state index in [1.165, 1.54) is 6.92 Å². The summed E-state index contributed by atoms with van der Waals surface area (Å²) in [6.45, 7) is 7.85. The molecule has 0 aromatic heterocycles. The second-order valence-electron chi connectivity index (χ2n) is 5.81. The molecule has 1 unspecified atom stereocenters. The summed E-state index contributed by atoms with van der Waals surface area (Å²) in [5.74, 6) is 1.12. The standard InChI is InChI=1S/C17H25NO3/c1-12(2)5-6-13(3)18-17(20)11-21-16-9-7-15(8-10-16)14(4)19/h7-10,12-13H,5-6,11H2,1-4H3,(H,18,20). The number of rotatable bonds is 8. The van der Waals surface area contributed by atoms with Gasteiger partial charge in [0.1, 0.15) is 5.75 Å². The lowest BCUT2D eigenvalue weighted by molar-refractivity contribution is -0.123. The predicted octanol–water partition coefficient (Wildman–Crippen LogP) is 3.21. The molecule has 0 radical (unpaired) electrons. The van der Waals surface area contributed by atoms with E-state index in [1.54, 1.807) is 24.3 Å². The average molecular weight is 291 g/mol. The van der Waals surface area contributed by atoms with Crippen LogP contribution in [-0.4, -0.2) is 24.3 Å². The van der Waals surface area contributed by atoms with Gasteiger partial charge < -0.3 is 10.1 Å². The normalized spacial score (nSPS) is 12.0. The highest BCUT2D eigenvalue weighted by Gasteiger charge is 2.09. The van der Waals surface area contributed by atoms with Crippen LogP contribution >= 0.6 is 0 Å². The molecule has 1 amide bonds. The van der Waals surface area contributed by atoms with Crippen LogP contribution in [0.5, 0.6) is 5.75 Å². The first-order chi connectivity index (χ1) is 9.88. The number of hydrogen-bond donors (Lipinski definition) is 1. The lowest BCUT2D eigenvalue weighted by Crippen LogP contribution is -2.36. The molecule has 0 spiro atoms. The van der Waals surface area contributed by atoms with E-state index >= 15 is 0 Å². The Kier molecular flexibility index (Phi) is 6.92. The van der Waals surface area contributed by atoms with E-state index in [1.807, 2.05) is 6.92 Å². The van der Waals surface area contributed by atoms with Crippen LogP contribution in [0.2, 0.25) is 0 Å². The number of carbonyl (C=O) groups is 2. The molecule has 21 heavy (non-hydrogen) atoms. The fourth-order valence-electron chi connectivity index (χ4n) is 1.91. The molecule has 0 aliphatic heterocycles. The molecular formula is C17H25NO3. The van der Waals surface area contributed by atoms with Crippen LogP contribution in [-0.2, 0) is 4.79 Å². The zero-order valence-electron chi connectivity index (χ0n) is 13.3. The molecular weight excluding hydrogens is 266 g/mol. The maximum Gasteiger partial charge on any atom is 0.258 e. The predicted molar refractivity (Wildman–Crippen MR) is 83.6 cm³/mol. The highest BCUT2D eigenvalue weighted by Crippen LogP contribution is 2.12. The van der Waals surface area contributed by atoms with Gasteiger partial charge >= 0.3 is 0 Å². The Bertz CT molecular complexity index is 465. The van der Waals surface area contributed by atoms with Crippen molar-refractivity contribution in [2.45, 2.75) is 46.6 Å². The molecule has 0 fully saturated rings. The Balaban J connectivity index is 2.34. The number of Topliss-reactive ketones (excluding diaryl/α,β-unsaturated/α-hetero) is 1. The second-order valence-corrected chi connectivity index (χ2v) is 5.81. The third-order valence-electron chi connectivity index (χ3n) is 3.22. The highest BCUT2D eigenvalue weighted by molar-refractivity contribution is 5.94. The van der Waals surface area contributed by atoms with Gasteiger partial charge in [-0.3, -0.25) is 9.59 Å². The number of ketones is 1. The van der Waals surface area contributed by atoms with Gasteiger partial charge in [0, 0.05) is 11.6 Å². The van der Waals surface area contributed by atoms with Crippen molar-refractivity contribution in [3.8, 4) is 5.75 Å². The minimum atomic E-state index is -0.123. The molecule has 1 aromatic rings. The van der Waals surface area contributed by atoms with Crippen LogP contribution in [0.15, 0.2) is 24.3 Å². The van der Waals surface area contributed by atoms with Crippen molar-refractivity contribution in [2.75, 3.05) is 6.61 Å². The van der Waals surface area contributed by atoms with Gasteiger partial charge in [0.25, 0.3) is 5.91 Å². The molecule has 1 aromatic carbocycles. The maximum atomic E-state index is 11.8. The molecule has 1 rings (SSSR count). The summed E-state index contributed by atoms with van der Waals surface area (Å²) >= 11 is 0. The van der Waals surface area contributed by atoms with Gasteiger partial charge in [-0.25, -0.2) is 0 Å². The summed E-state index contributed by atoms with van der Waals surface area (Å²) in [7, 11) is 0. The quantitative estimate of drug-likeness (QED) is 0.748. The zero-order valence-corrected chi connectivity index (χ0v) is 13.3. The van der Waals surface area contributed by atoms with Crippen molar-refractivity contribution in [1.82, 2.24) is 5.32 Å². The van der Waals surface area contributed by atoms with Crippen LogP contribution in [0.25, 0.3) is 0 Å². The molecule has 0 saturated carbocycles. The van der Waals surface area contributed by atoms with Crippen molar-refractivity contribution in [3.63, 3.8) is 0 Å². The van der Waals surface area contributed by atoms with E-state index in [9.17, 15) is 9.59 Å². The van der Waals surface area contributed by atoms with Crippen molar-refractivity contribution in [1.29, 1.82) is 0 Å². The number of hydrogen-bond acceptors (Lipinski definition) is 3. The van der Waals surface area contributed by atoms with Gasteiger partial charge in [0.05, 0.1) is 0 Å². The van der Waals surface area contributed by atoms with E-state index in [0.717, 1.165) is 12.8 Å². The summed E-state index contributed by atoms with van der Waals surface area (Å²) in [4.78, 5) is 22.9. The van der Waals surface area contributed by atoms with Gasteiger partial charge in [-0.15, -0.1) is 0 Å². The monoisotopic (exact) mass is 291 g/mol. The first-order valence-corrected chi connectivity index (χ1v) is 7.41. The Morgan fingerprint density at radius 3 is 2.24 bits per heavy atom. The Morgan fingerprint density at radius 2 is 1.71 bits per heavy atom. The number of benzene rings is 1. The summed E-state index contributed by atoms with van der Waals surface area (Å²) in [5, 5.41) is 2.92. The Morgan fingerprint density at radius 1 is 1.10 bits per heavy atom. The number of carbonyl (C=O) groups excluding carboxylic acids is 2. The lowest BCUT2D eigenvalue weighted by Gasteiger charge is -2.15. The molecule has 4 nitrogen and oxygen atoms in total. The third kappa shape index (κ3) is 6.93. The van der Waals surface area contributed by atoms with Crippen LogP contribution in [0.1, 0.15) is 50.9 Å². The first kappa shape index (κ1) is 17.2. The molecule has 1 N–H and O–H groups in total. The van der Waals surface area contributed by atoms with E-state index in [0.29, 0.717) is 17.2 Å². The van der Waals surface area contributed by atoms with Crippen LogP contribution < -0.4 is 10.1 Å². The molecule has 0 saturated heterocycles. The minimum Gasteiger partial charge on any atom is -0.484 e. The fraction of sp³-hybridized carbons (Fsp3) is 0.529. The first-order valence-electron chi connectivity index (χ1n) is 7.41. The molecule has 4 heteroatoms. The maximum absolute atomic E-state index is 11.8. The fourth-order valence-corrected chi connectivity index (χ4v) is 1.91. The van der Waals surface area contributed by atoms with E-state index in [-0.39, 0.29) is 24.3 Å². The second kappa shape index (κ2) is 8.45. The van der Waals surface area contributed by atoms with E-state index < -0.39 is 0 Å². The molecule has 116 valence electrons. The van der Waals surface area contributed by atoms with Gasteiger partial charge in [-0.2, -0.15) is 0 Å². The summed E-state index contributed by atoms with van der Waals surface area (Å²) < 4.78 is 5.41. The van der Waals surface area contributed by atoms with Crippen LogP contribution in [0.3, 0.4) is 0 Å².